The molecule has 0 fully saturated rings. The van der Waals surface area contributed by atoms with Gasteiger partial charge in [0.25, 0.3) is 5.91 Å². The molecule has 41 heavy (non-hydrogen) atoms. The molecule has 4 rings (SSSR count). The molecule has 0 radical (unpaired) electrons. The van der Waals surface area contributed by atoms with E-state index in [1.165, 1.54) is 27.4 Å². The van der Waals surface area contributed by atoms with E-state index in [0.717, 1.165) is 0 Å². The number of hydrogen-bond donors (Lipinski definition) is 4. The lowest BCUT2D eigenvalue weighted by atomic mass is 10.0. The zero-order valence-corrected chi connectivity index (χ0v) is 23.2. The number of rotatable bonds is 10. The summed E-state index contributed by atoms with van der Waals surface area (Å²) in [5.74, 6) is 0.330. The van der Waals surface area contributed by atoms with Crippen LogP contribution in [0.25, 0.3) is 0 Å². The molecule has 4 aromatic carbocycles. The number of ether oxygens (including phenoxy) is 4. The monoisotopic (exact) mass is 574 g/mol. The minimum atomic E-state index is -0.796. The number of methoxy groups -OCH3 is 3. The van der Waals surface area contributed by atoms with Crippen LogP contribution < -0.4 is 35.3 Å². The van der Waals surface area contributed by atoms with E-state index in [0.29, 0.717) is 28.4 Å². The fourth-order valence-electron chi connectivity index (χ4n) is 4.00. The molecule has 0 unspecified atom stereocenters. The molecular formula is C30H27ClN4O6. The van der Waals surface area contributed by atoms with E-state index < -0.39 is 11.8 Å². The predicted molar refractivity (Wildman–Crippen MR) is 157 cm³/mol. The third-order valence-corrected chi connectivity index (χ3v) is 6.25. The van der Waals surface area contributed by atoms with Crippen LogP contribution in [-0.2, 0) is 0 Å². The molecule has 0 saturated heterocycles. The Balaban J connectivity index is 1.55. The first-order chi connectivity index (χ1) is 19.7. The van der Waals surface area contributed by atoms with E-state index >= 15 is 0 Å². The normalized spacial score (nSPS) is 10.3. The van der Waals surface area contributed by atoms with Crippen molar-refractivity contribution in [1.29, 1.82) is 5.41 Å². The Morgan fingerprint density at radius 3 is 2.07 bits per heavy atom. The van der Waals surface area contributed by atoms with Crippen LogP contribution in [0, 0.1) is 5.41 Å². The number of carbonyl (C=O) groups excluding carboxylic acids is 2. The van der Waals surface area contributed by atoms with Gasteiger partial charge in [0.2, 0.25) is 11.7 Å². The SMILES string of the molecule is COc1cc(C(N)=O)c(C(=N)Nc2ccc(Cl)c(NC(=O)c3ccc(Oc4ccccc4)cc3)c2)c(OC)c1OC. The van der Waals surface area contributed by atoms with E-state index in [4.69, 9.17) is 41.7 Å². The first-order valence-electron chi connectivity index (χ1n) is 12.2. The van der Waals surface area contributed by atoms with Crippen LogP contribution in [0.2, 0.25) is 5.02 Å². The molecule has 11 heteroatoms. The summed E-state index contributed by atoms with van der Waals surface area (Å²) in [5.41, 5.74) is 6.73. The van der Waals surface area contributed by atoms with E-state index in [2.05, 4.69) is 10.6 Å². The fourth-order valence-corrected chi connectivity index (χ4v) is 4.16. The number of nitrogens with one attached hydrogen (secondary N) is 3. The van der Waals surface area contributed by atoms with Crippen molar-refractivity contribution in [1.82, 2.24) is 0 Å². The van der Waals surface area contributed by atoms with Gasteiger partial charge in [-0.15, -0.1) is 0 Å². The van der Waals surface area contributed by atoms with Gasteiger partial charge < -0.3 is 35.3 Å². The van der Waals surface area contributed by atoms with Gasteiger partial charge in [0.15, 0.2) is 11.5 Å². The van der Waals surface area contributed by atoms with E-state index in [1.54, 1.807) is 42.5 Å². The molecule has 2 amide bonds. The van der Waals surface area contributed by atoms with E-state index in [9.17, 15) is 9.59 Å². The minimum Gasteiger partial charge on any atom is -0.493 e. The number of anilines is 2. The summed E-state index contributed by atoms with van der Waals surface area (Å²) in [6.45, 7) is 0. The molecule has 0 bridgehead atoms. The highest BCUT2D eigenvalue weighted by molar-refractivity contribution is 6.34. The second-order valence-corrected chi connectivity index (χ2v) is 8.93. The van der Waals surface area contributed by atoms with Crippen LogP contribution in [0.5, 0.6) is 28.7 Å². The second kappa shape index (κ2) is 12.8. The van der Waals surface area contributed by atoms with Gasteiger partial charge in [-0.25, -0.2) is 0 Å². The lowest BCUT2D eigenvalue weighted by Crippen LogP contribution is -2.22. The maximum atomic E-state index is 13.0. The zero-order chi connectivity index (χ0) is 29.5. The van der Waals surface area contributed by atoms with Gasteiger partial charge in [-0.2, -0.15) is 0 Å². The number of amidine groups is 1. The van der Waals surface area contributed by atoms with Crippen molar-refractivity contribution in [3.8, 4) is 28.7 Å². The number of amides is 2. The maximum Gasteiger partial charge on any atom is 0.255 e. The van der Waals surface area contributed by atoms with Crippen molar-refractivity contribution in [2.75, 3.05) is 32.0 Å². The van der Waals surface area contributed by atoms with Crippen LogP contribution in [-0.4, -0.2) is 39.0 Å². The van der Waals surface area contributed by atoms with Gasteiger partial charge in [0, 0.05) is 11.3 Å². The average Bonchev–Trinajstić information content (AvgIpc) is 2.98. The number of halogens is 1. The summed E-state index contributed by atoms with van der Waals surface area (Å²) < 4.78 is 21.9. The minimum absolute atomic E-state index is 0.0146. The Labute approximate surface area is 241 Å². The first-order valence-corrected chi connectivity index (χ1v) is 12.6. The van der Waals surface area contributed by atoms with Gasteiger partial charge >= 0.3 is 0 Å². The number of primary amides is 1. The van der Waals surface area contributed by atoms with Crippen molar-refractivity contribution < 1.29 is 28.5 Å². The predicted octanol–water partition coefficient (Wildman–Crippen LogP) is 5.95. The van der Waals surface area contributed by atoms with Gasteiger partial charge in [0.05, 0.1) is 43.2 Å². The standard InChI is InChI=1S/C30H27ClN4O6/c1-38-24-16-21(29(33)36)25(27(40-3)26(24)39-2)28(32)34-18-11-14-22(31)23(15-18)35-30(37)17-9-12-20(13-10-17)41-19-7-5-4-6-8-19/h4-16H,1-3H3,(H2,32,34)(H2,33,36)(H,35,37). The van der Waals surface area contributed by atoms with E-state index in [1.807, 2.05) is 30.3 Å². The lowest BCUT2D eigenvalue weighted by molar-refractivity contribution is 0.0996. The Kier molecular flexibility index (Phi) is 8.95. The Morgan fingerprint density at radius 1 is 0.805 bits per heavy atom. The molecule has 4 aromatic rings. The lowest BCUT2D eigenvalue weighted by Gasteiger charge is -2.20. The Morgan fingerprint density at radius 2 is 1.46 bits per heavy atom. The molecule has 0 aromatic heterocycles. The Bertz CT molecular complexity index is 1590. The zero-order valence-electron chi connectivity index (χ0n) is 22.4. The molecule has 0 aliphatic rings. The number of para-hydroxylation sites is 1. The largest absolute Gasteiger partial charge is 0.493 e. The smallest absolute Gasteiger partial charge is 0.255 e. The van der Waals surface area contributed by atoms with Gasteiger partial charge in [-0.1, -0.05) is 29.8 Å². The van der Waals surface area contributed by atoms with Crippen molar-refractivity contribution in [3.05, 3.63) is 101 Å². The van der Waals surface area contributed by atoms with Gasteiger partial charge in [-0.05, 0) is 60.7 Å². The third kappa shape index (κ3) is 6.51. The highest BCUT2D eigenvalue weighted by atomic mass is 35.5. The van der Waals surface area contributed by atoms with Crippen LogP contribution in [0.4, 0.5) is 11.4 Å². The molecule has 0 aliphatic heterocycles. The molecule has 0 heterocycles. The van der Waals surface area contributed by atoms with Crippen molar-refractivity contribution in [2.24, 2.45) is 5.73 Å². The number of carbonyl (C=O) groups is 2. The molecular weight excluding hydrogens is 548 g/mol. The molecule has 0 aliphatic carbocycles. The molecule has 0 spiro atoms. The maximum absolute atomic E-state index is 13.0. The van der Waals surface area contributed by atoms with Crippen molar-refractivity contribution in [3.63, 3.8) is 0 Å². The quantitative estimate of drug-likeness (QED) is 0.135. The van der Waals surface area contributed by atoms with Crippen molar-refractivity contribution >= 4 is 40.6 Å². The average molecular weight is 575 g/mol. The summed E-state index contributed by atoms with van der Waals surface area (Å²) >= 11 is 6.36. The number of benzene rings is 4. The highest BCUT2D eigenvalue weighted by Gasteiger charge is 2.26. The first kappa shape index (κ1) is 28.8. The van der Waals surface area contributed by atoms with Crippen LogP contribution in [0.1, 0.15) is 26.3 Å². The van der Waals surface area contributed by atoms with Crippen LogP contribution in [0.3, 0.4) is 0 Å². The molecule has 5 N–H and O–H groups in total. The summed E-state index contributed by atoms with van der Waals surface area (Å²) in [6, 6.07) is 22.0. The van der Waals surface area contributed by atoms with Crippen LogP contribution in [0.15, 0.2) is 78.9 Å². The molecule has 10 nitrogen and oxygen atoms in total. The van der Waals surface area contributed by atoms with Crippen LogP contribution >= 0.6 is 11.6 Å². The third-order valence-electron chi connectivity index (χ3n) is 5.92. The summed E-state index contributed by atoms with van der Waals surface area (Å²) in [5, 5.41) is 14.7. The molecule has 0 atom stereocenters. The number of hydrogen-bond acceptors (Lipinski definition) is 7. The number of nitrogens with two attached hydrogens (primary N) is 1. The molecule has 0 saturated carbocycles. The highest BCUT2D eigenvalue weighted by Crippen LogP contribution is 2.42. The summed E-state index contributed by atoms with van der Waals surface area (Å²) in [4.78, 5) is 25.2. The fraction of sp³-hybridized carbons (Fsp3) is 0.100. The van der Waals surface area contributed by atoms with Gasteiger partial charge in [-0.3, -0.25) is 15.0 Å². The van der Waals surface area contributed by atoms with E-state index in [-0.39, 0.29) is 39.2 Å². The summed E-state index contributed by atoms with van der Waals surface area (Å²) in [6.07, 6.45) is 0. The second-order valence-electron chi connectivity index (χ2n) is 8.52. The van der Waals surface area contributed by atoms with Gasteiger partial charge in [0.1, 0.15) is 17.3 Å². The summed E-state index contributed by atoms with van der Waals surface area (Å²) in [7, 11) is 4.18. The topological polar surface area (TPSA) is 145 Å². The molecule has 210 valence electrons. The Hall–Kier alpha value is -5.22. The van der Waals surface area contributed by atoms with Crippen molar-refractivity contribution in [2.45, 2.75) is 0 Å².